The number of carbonyl (C=O) groups excluding carboxylic acids is 3. The summed E-state index contributed by atoms with van der Waals surface area (Å²) in [6.07, 6.45) is -2.11. The number of alkyl halides is 3. The maximum atomic E-state index is 13.1. The van der Waals surface area contributed by atoms with Crippen LogP contribution in [0.1, 0.15) is 51.4 Å². The van der Waals surface area contributed by atoms with Gasteiger partial charge in [0.1, 0.15) is 6.04 Å². The Balaban J connectivity index is 1.12. The van der Waals surface area contributed by atoms with Crippen LogP contribution in [0.2, 0.25) is 0 Å². The number of nitrogens with zero attached hydrogens (tertiary/aromatic N) is 3. The second kappa shape index (κ2) is 9.60. The quantitative estimate of drug-likeness (QED) is 0.498. The van der Waals surface area contributed by atoms with Crippen LogP contribution < -0.4 is 5.32 Å². The standard InChI is InChI=1S/C29H25F3N4O3/c30-29(31,32)22-3-1-2-18(12-22)21-14-35(15-21)13-17-8-9-33-24(10-17)19-4-5-23-20(11-19)16-36(28(23)39)25-6-7-26(37)34-27(25)38/h1-5,8-12,21,25H,6-7,13-16H2,(H,34,37,38). The van der Waals surface area contributed by atoms with Gasteiger partial charge < -0.3 is 4.90 Å². The van der Waals surface area contributed by atoms with Crippen LogP contribution in [0.15, 0.2) is 60.8 Å². The first kappa shape index (κ1) is 25.2. The molecule has 6 rings (SSSR count). The van der Waals surface area contributed by atoms with E-state index in [0.29, 0.717) is 43.7 Å². The molecule has 0 bridgehead atoms. The molecule has 2 fully saturated rings. The van der Waals surface area contributed by atoms with E-state index in [2.05, 4.69) is 15.2 Å². The molecular weight excluding hydrogens is 509 g/mol. The van der Waals surface area contributed by atoms with Crippen molar-refractivity contribution in [3.63, 3.8) is 0 Å². The van der Waals surface area contributed by atoms with Crippen LogP contribution in [-0.2, 0) is 28.9 Å². The van der Waals surface area contributed by atoms with Gasteiger partial charge in [-0.05, 0) is 53.4 Å². The highest BCUT2D eigenvalue weighted by atomic mass is 19.4. The van der Waals surface area contributed by atoms with E-state index in [1.807, 2.05) is 24.3 Å². The van der Waals surface area contributed by atoms with E-state index in [-0.39, 0.29) is 24.2 Å². The summed E-state index contributed by atoms with van der Waals surface area (Å²) in [4.78, 5) is 45.0. The molecule has 4 heterocycles. The second-order valence-electron chi connectivity index (χ2n) is 10.3. The number of hydrogen-bond acceptors (Lipinski definition) is 5. The van der Waals surface area contributed by atoms with Crippen LogP contribution in [0, 0.1) is 0 Å². The summed E-state index contributed by atoms with van der Waals surface area (Å²) < 4.78 is 39.2. The van der Waals surface area contributed by atoms with Gasteiger partial charge in [-0.15, -0.1) is 0 Å². The molecule has 0 saturated carbocycles. The Morgan fingerprint density at radius 1 is 1.00 bits per heavy atom. The Morgan fingerprint density at radius 2 is 1.82 bits per heavy atom. The smallest absolute Gasteiger partial charge is 0.322 e. The lowest BCUT2D eigenvalue weighted by Gasteiger charge is -2.39. The van der Waals surface area contributed by atoms with Crippen LogP contribution in [-0.4, -0.2) is 51.6 Å². The Kier molecular flexibility index (Phi) is 6.22. The van der Waals surface area contributed by atoms with Crippen molar-refractivity contribution >= 4 is 17.7 Å². The number of carbonyl (C=O) groups is 3. The van der Waals surface area contributed by atoms with Gasteiger partial charge in [0.2, 0.25) is 11.8 Å². The zero-order valence-electron chi connectivity index (χ0n) is 20.9. The van der Waals surface area contributed by atoms with Crippen molar-refractivity contribution in [2.75, 3.05) is 13.1 Å². The number of pyridine rings is 1. The molecule has 2 aromatic carbocycles. The topological polar surface area (TPSA) is 82.6 Å². The van der Waals surface area contributed by atoms with Crippen LogP contribution in [0.3, 0.4) is 0 Å². The summed E-state index contributed by atoms with van der Waals surface area (Å²) in [5, 5.41) is 2.31. The fourth-order valence-corrected chi connectivity index (χ4v) is 5.60. The van der Waals surface area contributed by atoms with E-state index in [4.69, 9.17) is 0 Å². The average Bonchev–Trinajstić information content (AvgIpc) is 3.21. The first-order valence-corrected chi connectivity index (χ1v) is 12.8. The van der Waals surface area contributed by atoms with Crippen LogP contribution >= 0.6 is 0 Å². The number of piperidine rings is 1. The van der Waals surface area contributed by atoms with E-state index in [1.54, 1.807) is 18.3 Å². The number of aromatic nitrogens is 1. The predicted molar refractivity (Wildman–Crippen MR) is 135 cm³/mol. The minimum atomic E-state index is -4.35. The van der Waals surface area contributed by atoms with Crippen LogP contribution in [0.5, 0.6) is 0 Å². The molecule has 1 unspecified atom stereocenters. The lowest BCUT2D eigenvalue weighted by atomic mass is 9.90. The zero-order valence-corrected chi connectivity index (χ0v) is 20.9. The number of nitrogens with one attached hydrogen (secondary N) is 1. The summed E-state index contributed by atoms with van der Waals surface area (Å²) in [6.45, 7) is 2.29. The summed E-state index contributed by atoms with van der Waals surface area (Å²) in [5.41, 5.74) is 4.06. The molecule has 3 aliphatic rings. The van der Waals surface area contributed by atoms with Gasteiger partial charge in [-0.2, -0.15) is 13.2 Å². The fourth-order valence-electron chi connectivity index (χ4n) is 5.60. The van der Waals surface area contributed by atoms with Gasteiger partial charge in [0.25, 0.3) is 5.91 Å². The van der Waals surface area contributed by atoms with E-state index in [9.17, 15) is 27.6 Å². The number of benzene rings is 2. The van der Waals surface area contributed by atoms with Gasteiger partial charge in [-0.3, -0.25) is 29.6 Å². The second-order valence-corrected chi connectivity index (χ2v) is 10.3. The van der Waals surface area contributed by atoms with Crippen LogP contribution in [0.4, 0.5) is 13.2 Å². The highest BCUT2D eigenvalue weighted by Crippen LogP contribution is 2.35. The third-order valence-electron chi connectivity index (χ3n) is 7.69. The highest BCUT2D eigenvalue weighted by Gasteiger charge is 2.39. The molecule has 39 heavy (non-hydrogen) atoms. The van der Waals surface area contributed by atoms with E-state index < -0.39 is 23.7 Å². The normalized spacial score (nSPS) is 20.1. The molecule has 3 aliphatic heterocycles. The third kappa shape index (κ3) is 4.92. The number of likely N-dealkylation sites (tertiary alicyclic amines) is 1. The Hall–Kier alpha value is -4.05. The SMILES string of the molecule is O=C1CCC(N2Cc3cc(-c4cc(CN5CC(c6cccc(C(F)(F)F)c6)C5)ccn4)ccc3C2=O)C(=O)N1. The lowest BCUT2D eigenvalue weighted by Crippen LogP contribution is -2.52. The summed E-state index contributed by atoms with van der Waals surface area (Å²) >= 11 is 0. The molecule has 3 aromatic rings. The molecule has 1 aromatic heterocycles. The van der Waals surface area contributed by atoms with Crippen molar-refractivity contribution in [2.24, 2.45) is 0 Å². The summed E-state index contributed by atoms with van der Waals surface area (Å²) in [6, 6.07) is 14.3. The van der Waals surface area contributed by atoms with Crippen molar-refractivity contribution in [1.82, 2.24) is 20.1 Å². The molecule has 3 amide bonds. The molecule has 2 saturated heterocycles. The maximum Gasteiger partial charge on any atom is 0.416 e. The van der Waals surface area contributed by atoms with E-state index in [1.165, 1.54) is 17.0 Å². The molecule has 1 atom stereocenters. The van der Waals surface area contributed by atoms with E-state index in [0.717, 1.165) is 28.5 Å². The first-order valence-electron chi connectivity index (χ1n) is 12.8. The van der Waals surface area contributed by atoms with Gasteiger partial charge in [0.15, 0.2) is 0 Å². The molecule has 0 spiro atoms. The number of halogens is 3. The summed E-state index contributed by atoms with van der Waals surface area (Å²) in [5.74, 6) is -0.919. The van der Waals surface area contributed by atoms with E-state index >= 15 is 0 Å². The van der Waals surface area contributed by atoms with Gasteiger partial charge in [-0.1, -0.05) is 24.3 Å². The molecule has 1 N–H and O–H groups in total. The fraction of sp³-hybridized carbons (Fsp3) is 0.310. The molecular formula is C29H25F3N4O3. The van der Waals surface area contributed by atoms with Gasteiger partial charge in [0, 0.05) is 55.8 Å². The van der Waals surface area contributed by atoms with Gasteiger partial charge in [0.05, 0.1) is 11.3 Å². The van der Waals surface area contributed by atoms with Crippen molar-refractivity contribution in [3.8, 4) is 11.3 Å². The van der Waals surface area contributed by atoms with Crippen LogP contribution in [0.25, 0.3) is 11.3 Å². The van der Waals surface area contributed by atoms with Gasteiger partial charge >= 0.3 is 6.18 Å². The first-order chi connectivity index (χ1) is 18.7. The lowest BCUT2D eigenvalue weighted by molar-refractivity contribution is -0.138. The average molecular weight is 535 g/mol. The number of imide groups is 1. The van der Waals surface area contributed by atoms with Crippen molar-refractivity contribution in [2.45, 2.75) is 44.1 Å². The van der Waals surface area contributed by atoms with Crippen molar-refractivity contribution in [3.05, 3.63) is 88.6 Å². The molecule has 0 aliphatic carbocycles. The number of hydrogen-bond donors (Lipinski definition) is 1. The highest BCUT2D eigenvalue weighted by molar-refractivity contribution is 6.05. The Bertz CT molecular complexity index is 1480. The minimum Gasteiger partial charge on any atom is -0.322 e. The number of fused-ring (bicyclic) bond motifs is 1. The molecule has 10 heteroatoms. The largest absolute Gasteiger partial charge is 0.416 e. The molecule has 200 valence electrons. The predicted octanol–water partition coefficient (Wildman–Crippen LogP) is 4.13. The number of rotatable bonds is 5. The Labute approximate surface area is 222 Å². The van der Waals surface area contributed by atoms with Crippen molar-refractivity contribution < 1.29 is 27.6 Å². The third-order valence-corrected chi connectivity index (χ3v) is 7.69. The number of amides is 3. The molecule has 0 radical (unpaired) electrons. The minimum absolute atomic E-state index is 0.0650. The van der Waals surface area contributed by atoms with Gasteiger partial charge in [-0.25, -0.2) is 0 Å². The molecule has 7 nitrogen and oxygen atoms in total. The maximum absolute atomic E-state index is 13.1. The van der Waals surface area contributed by atoms with Crippen molar-refractivity contribution in [1.29, 1.82) is 0 Å². The Morgan fingerprint density at radius 3 is 2.59 bits per heavy atom. The zero-order chi connectivity index (χ0) is 27.3. The monoisotopic (exact) mass is 534 g/mol. The summed E-state index contributed by atoms with van der Waals surface area (Å²) in [7, 11) is 0.